The van der Waals surface area contributed by atoms with Gasteiger partial charge in [-0.3, -0.25) is 4.79 Å². The van der Waals surface area contributed by atoms with E-state index in [9.17, 15) is 4.79 Å². The van der Waals surface area contributed by atoms with Crippen molar-refractivity contribution in [3.63, 3.8) is 0 Å². The molecule has 1 N–H and O–H groups in total. The molecule has 3 rings (SSSR count). The van der Waals surface area contributed by atoms with Crippen molar-refractivity contribution in [3.8, 4) is 0 Å². The molecule has 110 valence electrons. The number of nitrogens with one attached hydrogen (secondary N) is 1. The van der Waals surface area contributed by atoms with E-state index in [1.807, 2.05) is 22.9 Å². The zero-order valence-electron chi connectivity index (χ0n) is 12.3. The lowest BCUT2D eigenvalue weighted by molar-refractivity contribution is -0.125. The largest absolute Gasteiger partial charge is 0.351 e. The van der Waals surface area contributed by atoms with Gasteiger partial charge in [0.1, 0.15) is 0 Å². The lowest BCUT2D eigenvalue weighted by Crippen LogP contribution is -2.41. The van der Waals surface area contributed by atoms with Crippen LogP contribution in [0.25, 0.3) is 0 Å². The first kappa shape index (κ1) is 13.9. The Labute approximate surface area is 125 Å². The summed E-state index contributed by atoms with van der Waals surface area (Å²) in [6.45, 7) is 2.88. The second kappa shape index (κ2) is 6.12. The molecule has 1 aromatic heterocycles. The highest BCUT2D eigenvalue weighted by molar-refractivity contribution is 5.80. The van der Waals surface area contributed by atoms with Gasteiger partial charge in [0.15, 0.2) is 0 Å². The van der Waals surface area contributed by atoms with E-state index in [0.717, 1.165) is 25.8 Å². The lowest BCUT2D eigenvalue weighted by atomic mass is 10.0. The Hall–Kier alpha value is -2.10. The third-order valence-corrected chi connectivity index (χ3v) is 4.25. The van der Waals surface area contributed by atoms with E-state index in [0.29, 0.717) is 0 Å². The normalized spacial score (nSPS) is 15.7. The van der Waals surface area contributed by atoms with Gasteiger partial charge in [0.2, 0.25) is 5.91 Å². The molecular formula is C17H21N3O. The SMILES string of the molecule is CCC(Cn1ccnc1)NC(=O)C1Cc2ccccc2C1. The maximum absolute atomic E-state index is 12.5. The summed E-state index contributed by atoms with van der Waals surface area (Å²) in [5.41, 5.74) is 2.64. The Kier molecular flexibility index (Phi) is 4.04. The lowest BCUT2D eigenvalue weighted by Gasteiger charge is -2.20. The summed E-state index contributed by atoms with van der Waals surface area (Å²) in [5.74, 6) is 0.261. The van der Waals surface area contributed by atoms with Crippen molar-refractivity contribution in [1.29, 1.82) is 0 Å². The van der Waals surface area contributed by atoms with E-state index in [2.05, 4.69) is 29.4 Å². The van der Waals surface area contributed by atoms with E-state index in [1.165, 1.54) is 11.1 Å². The minimum atomic E-state index is 0.0826. The molecule has 0 saturated carbocycles. The molecule has 2 aromatic rings. The summed E-state index contributed by atoms with van der Waals surface area (Å²) in [5, 5.41) is 3.19. The molecule has 1 amide bonds. The molecule has 1 atom stereocenters. The zero-order valence-corrected chi connectivity index (χ0v) is 12.3. The number of hydrogen-bond acceptors (Lipinski definition) is 2. The molecule has 0 bridgehead atoms. The Morgan fingerprint density at radius 2 is 2.10 bits per heavy atom. The smallest absolute Gasteiger partial charge is 0.224 e. The molecule has 1 aliphatic carbocycles. The fourth-order valence-electron chi connectivity index (χ4n) is 2.99. The highest BCUT2D eigenvalue weighted by Crippen LogP contribution is 2.26. The second-order valence-electron chi connectivity index (χ2n) is 5.75. The maximum atomic E-state index is 12.5. The van der Waals surface area contributed by atoms with Gasteiger partial charge in [0, 0.05) is 30.9 Å². The van der Waals surface area contributed by atoms with Gasteiger partial charge in [0.05, 0.1) is 6.33 Å². The fourth-order valence-corrected chi connectivity index (χ4v) is 2.99. The van der Waals surface area contributed by atoms with Gasteiger partial charge in [-0.25, -0.2) is 4.98 Å². The van der Waals surface area contributed by atoms with Crippen molar-refractivity contribution in [1.82, 2.24) is 14.9 Å². The maximum Gasteiger partial charge on any atom is 0.224 e. The molecular weight excluding hydrogens is 262 g/mol. The van der Waals surface area contributed by atoms with Gasteiger partial charge in [0.25, 0.3) is 0 Å². The zero-order chi connectivity index (χ0) is 14.7. The standard InChI is InChI=1S/C17H21N3O/c1-2-16(11-20-8-7-18-12-20)19-17(21)15-9-13-5-3-4-6-14(13)10-15/h3-8,12,15-16H,2,9-11H2,1H3,(H,19,21). The van der Waals surface area contributed by atoms with Crippen LogP contribution >= 0.6 is 0 Å². The minimum Gasteiger partial charge on any atom is -0.351 e. The summed E-state index contributed by atoms with van der Waals surface area (Å²) in [6.07, 6.45) is 8.14. The molecule has 0 saturated heterocycles. The molecule has 4 nitrogen and oxygen atoms in total. The number of rotatable bonds is 5. The van der Waals surface area contributed by atoms with E-state index in [-0.39, 0.29) is 17.9 Å². The van der Waals surface area contributed by atoms with Gasteiger partial charge < -0.3 is 9.88 Å². The van der Waals surface area contributed by atoms with Crippen LogP contribution in [0.15, 0.2) is 43.0 Å². The van der Waals surface area contributed by atoms with Crippen LogP contribution < -0.4 is 5.32 Å². The van der Waals surface area contributed by atoms with Gasteiger partial charge in [-0.05, 0) is 30.4 Å². The summed E-state index contributed by atoms with van der Waals surface area (Å²) >= 11 is 0. The molecule has 21 heavy (non-hydrogen) atoms. The van der Waals surface area contributed by atoms with E-state index in [1.54, 1.807) is 12.5 Å². The van der Waals surface area contributed by atoms with E-state index in [4.69, 9.17) is 0 Å². The molecule has 1 aliphatic rings. The van der Waals surface area contributed by atoms with Crippen LogP contribution in [0.2, 0.25) is 0 Å². The highest BCUT2D eigenvalue weighted by Gasteiger charge is 2.28. The predicted molar refractivity (Wildman–Crippen MR) is 81.8 cm³/mol. The molecule has 1 aromatic carbocycles. The molecule has 4 heteroatoms. The topological polar surface area (TPSA) is 46.9 Å². The second-order valence-corrected chi connectivity index (χ2v) is 5.75. The Bertz CT molecular complexity index is 581. The molecule has 1 unspecified atom stereocenters. The van der Waals surface area contributed by atoms with Crippen molar-refractivity contribution in [2.24, 2.45) is 5.92 Å². The number of aromatic nitrogens is 2. The Morgan fingerprint density at radius 1 is 1.38 bits per heavy atom. The number of benzene rings is 1. The summed E-state index contributed by atoms with van der Waals surface area (Å²) in [7, 11) is 0. The number of fused-ring (bicyclic) bond motifs is 1. The van der Waals surface area contributed by atoms with Crippen molar-refractivity contribution < 1.29 is 4.79 Å². The molecule has 0 spiro atoms. The first-order chi connectivity index (χ1) is 10.3. The number of nitrogens with zero attached hydrogens (tertiary/aromatic N) is 2. The van der Waals surface area contributed by atoms with E-state index >= 15 is 0 Å². The number of carbonyl (C=O) groups is 1. The summed E-state index contributed by atoms with van der Waals surface area (Å²) in [4.78, 5) is 16.5. The third-order valence-electron chi connectivity index (χ3n) is 4.25. The van der Waals surface area contributed by atoms with Crippen LogP contribution in [0.3, 0.4) is 0 Å². The first-order valence-corrected chi connectivity index (χ1v) is 7.59. The molecule has 0 aliphatic heterocycles. The summed E-state index contributed by atoms with van der Waals surface area (Å²) in [6, 6.07) is 8.52. The molecule has 0 radical (unpaired) electrons. The number of carbonyl (C=O) groups excluding carboxylic acids is 1. The highest BCUT2D eigenvalue weighted by atomic mass is 16.1. The van der Waals surface area contributed by atoms with Crippen molar-refractivity contribution >= 4 is 5.91 Å². The van der Waals surface area contributed by atoms with Crippen molar-refractivity contribution in [2.75, 3.05) is 0 Å². The number of amides is 1. The van der Waals surface area contributed by atoms with Crippen LogP contribution in [0.1, 0.15) is 24.5 Å². The van der Waals surface area contributed by atoms with Gasteiger partial charge in [-0.15, -0.1) is 0 Å². The third kappa shape index (κ3) is 3.15. The monoisotopic (exact) mass is 283 g/mol. The van der Waals surface area contributed by atoms with Crippen molar-refractivity contribution in [2.45, 2.75) is 38.8 Å². The van der Waals surface area contributed by atoms with Gasteiger partial charge in [-0.1, -0.05) is 31.2 Å². The Balaban J connectivity index is 1.59. The van der Waals surface area contributed by atoms with Crippen LogP contribution in [0, 0.1) is 5.92 Å². The minimum absolute atomic E-state index is 0.0826. The summed E-state index contributed by atoms with van der Waals surface area (Å²) < 4.78 is 2.01. The van der Waals surface area contributed by atoms with Crippen molar-refractivity contribution in [3.05, 3.63) is 54.1 Å². The fraction of sp³-hybridized carbons (Fsp3) is 0.412. The van der Waals surface area contributed by atoms with Crippen LogP contribution in [0.5, 0.6) is 0 Å². The number of imidazole rings is 1. The van der Waals surface area contributed by atoms with Gasteiger partial charge in [-0.2, -0.15) is 0 Å². The van der Waals surface area contributed by atoms with Crippen LogP contribution in [-0.2, 0) is 24.2 Å². The number of hydrogen-bond donors (Lipinski definition) is 1. The van der Waals surface area contributed by atoms with E-state index < -0.39 is 0 Å². The molecule has 1 heterocycles. The Morgan fingerprint density at radius 3 is 2.67 bits per heavy atom. The van der Waals surface area contributed by atoms with Crippen LogP contribution in [-0.4, -0.2) is 21.5 Å². The first-order valence-electron chi connectivity index (χ1n) is 7.59. The predicted octanol–water partition coefficient (Wildman–Crippen LogP) is 2.19. The average Bonchev–Trinajstić information content (AvgIpc) is 3.15. The quantitative estimate of drug-likeness (QED) is 0.914. The van der Waals surface area contributed by atoms with Crippen LogP contribution in [0.4, 0.5) is 0 Å². The van der Waals surface area contributed by atoms with Gasteiger partial charge >= 0.3 is 0 Å². The molecule has 0 fully saturated rings. The average molecular weight is 283 g/mol.